The van der Waals surface area contributed by atoms with Crippen LogP contribution >= 0.6 is 15.9 Å². The molecule has 0 atom stereocenters. The fraction of sp³-hybridized carbons (Fsp3) is 1.00. The maximum absolute atomic E-state index is 11.8. The molecule has 1 fully saturated rings. The fourth-order valence-corrected chi connectivity index (χ4v) is 4.69. The molecular formula is C11H22BrNO2S. The number of hydrogen-bond donors (Lipinski definition) is 1. The van der Waals surface area contributed by atoms with Crippen LogP contribution in [-0.2, 0) is 10.0 Å². The normalized spacial score (nSPS) is 31.6. The van der Waals surface area contributed by atoms with Crippen molar-refractivity contribution in [2.75, 3.05) is 11.1 Å². The maximum atomic E-state index is 11.8. The van der Waals surface area contributed by atoms with Crippen molar-refractivity contribution in [3.05, 3.63) is 0 Å². The molecule has 0 radical (unpaired) electrons. The highest BCUT2D eigenvalue weighted by atomic mass is 79.9. The molecule has 96 valence electrons. The number of alkyl halides is 1. The third-order valence-corrected chi connectivity index (χ3v) is 6.10. The van der Waals surface area contributed by atoms with Gasteiger partial charge < -0.3 is 0 Å². The second kappa shape index (κ2) is 5.83. The minimum atomic E-state index is -3.10. The smallest absolute Gasteiger partial charge is 0.212 e. The van der Waals surface area contributed by atoms with Crippen molar-refractivity contribution < 1.29 is 8.42 Å². The Morgan fingerprint density at radius 2 is 1.94 bits per heavy atom. The molecule has 1 saturated carbocycles. The zero-order chi connectivity index (χ0) is 12.2. The van der Waals surface area contributed by atoms with Crippen LogP contribution in [0.2, 0.25) is 0 Å². The van der Waals surface area contributed by atoms with Crippen molar-refractivity contribution >= 4 is 26.0 Å². The first-order chi connectivity index (χ1) is 7.43. The molecule has 0 aromatic carbocycles. The summed E-state index contributed by atoms with van der Waals surface area (Å²) in [4.78, 5) is 0. The number of halogens is 1. The van der Waals surface area contributed by atoms with E-state index in [1.54, 1.807) is 0 Å². The average molecular weight is 312 g/mol. The van der Waals surface area contributed by atoms with Crippen LogP contribution in [0, 0.1) is 5.92 Å². The van der Waals surface area contributed by atoms with E-state index < -0.39 is 10.0 Å². The van der Waals surface area contributed by atoms with Crippen molar-refractivity contribution in [3.63, 3.8) is 0 Å². The standard InChI is InChI=1S/C11H22BrNO2S/c1-3-8-16(14,15)13-11(9-12)6-4-10(2)5-7-11/h10,13H,3-9H2,1-2H3. The molecule has 5 heteroatoms. The molecule has 0 unspecified atom stereocenters. The Labute approximate surface area is 108 Å². The monoisotopic (exact) mass is 311 g/mol. The van der Waals surface area contributed by atoms with E-state index in [1.165, 1.54) is 0 Å². The summed E-state index contributed by atoms with van der Waals surface area (Å²) < 4.78 is 26.5. The molecule has 0 bridgehead atoms. The molecule has 1 rings (SSSR count). The Morgan fingerprint density at radius 1 is 1.38 bits per heavy atom. The molecule has 1 aliphatic rings. The van der Waals surface area contributed by atoms with E-state index in [0.717, 1.165) is 36.9 Å². The Hall–Kier alpha value is 0.390. The lowest BCUT2D eigenvalue weighted by molar-refractivity contribution is 0.250. The van der Waals surface area contributed by atoms with Gasteiger partial charge in [0.05, 0.1) is 5.75 Å². The van der Waals surface area contributed by atoms with E-state index in [-0.39, 0.29) is 11.3 Å². The van der Waals surface area contributed by atoms with E-state index in [9.17, 15) is 8.42 Å². The van der Waals surface area contributed by atoms with Gasteiger partial charge in [0, 0.05) is 10.9 Å². The van der Waals surface area contributed by atoms with Gasteiger partial charge in [-0.05, 0) is 38.0 Å². The summed E-state index contributed by atoms with van der Waals surface area (Å²) in [5.74, 6) is 0.958. The zero-order valence-corrected chi connectivity index (χ0v) is 12.5. The summed E-state index contributed by atoms with van der Waals surface area (Å²) in [6, 6.07) is 0. The summed E-state index contributed by atoms with van der Waals surface area (Å²) in [5.41, 5.74) is -0.236. The lowest BCUT2D eigenvalue weighted by Crippen LogP contribution is -2.52. The van der Waals surface area contributed by atoms with E-state index in [1.807, 2.05) is 6.92 Å². The van der Waals surface area contributed by atoms with Crippen LogP contribution in [0.3, 0.4) is 0 Å². The number of rotatable bonds is 5. The van der Waals surface area contributed by atoms with Crippen LogP contribution in [0.25, 0.3) is 0 Å². The van der Waals surface area contributed by atoms with Crippen LogP contribution in [-0.4, -0.2) is 25.0 Å². The van der Waals surface area contributed by atoms with Crippen LogP contribution in [0.15, 0.2) is 0 Å². The van der Waals surface area contributed by atoms with Gasteiger partial charge in [-0.2, -0.15) is 0 Å². The van der Waals surface area contributed by atoms with Gasteiger partial charge in [0.15, 0.2) is 0 Å². The zero-order valence-electron chi connectivity index (χ0n) is 10.1. The van der Waals surface area contributed by atoms with E-state index in [4.69, 9.17) is 0 Å². The quantitative estimate of drug-likeness (QED) is 0.793. The van der Waals surface area contributed by atoms with Crippen molar-refractivity contribution in [1.82, 2.24) is 4.72 Å². The number of nitrogens with one attached hydrogen (secondary N) is 1. The van der Waals surface area contributed by atoms with E-state index >= 15 is 0 Å². The summed E-state index contributed by atoms with van der Waals surface area (Å²) in [6.45, 7) is 4.13. The van der Waals surface area contributed by atoms with Gasteiger partial charge >= 0.3 is 0 Å². The first-order valence-electron chi connectivity index (χ1n) is 6.01. The SMILES string of the molecule is CCCS(=O)(=O)NC1(CBr)CCC(C)CC1. The minimum absolute atomic E-state index is 0.233. The van der Waals surface area contributed by atoms with Gasteiger partial charge in [-0.3, -0.25) is 0 Å². The Morgan fingerprint density at radius 3 is 2.38 bits per heavy atom. The second-order valence-electron chi connectivity index (χ2n) is 5.02. The topological polar surface area (TPSA) is 46.2 Å². The first-order valence-corrected chi connectivity index (χ1v) is 8.78. The van der Waals surface area contributed by atoms with Crippen molar-refractivity contribution in [3.8, 4) is 0 Å². The molecule has 0 spiro atoms. The highest BCUT2D eigenvalue weighted by molar-refractivity contribution is 9.09. The van der Waals surface area contributed by atoms with Crippen LogP contribution in [0.4, 0.5) is 0 Å². The summed E-state index contributed by atoms with van der Waals surface area (Å²) in [6.07, 6.45) is 4.79. The number of sulfonamides is 1. The van der Waals surface area contributed by atoms with Crippen LogP contribution in [0.1, 0.15) is 46.0 Å². The average Bonchev–Trinajstić information content (AvgIpc) is 2.21. The molecule has 0 saturated heterocycles. The van der Waals surface area contributed by atoms with E-state index in [2.05, 4.69) is 27.6 Å². The third-order valence-electron chi connectivity index (χ3n) is 3.33. The molecule has 3 nitrogen and oxygen atoms in total. The van der Waals surface area contributed by atoms with Gasteiger partial charge in [-0.1, -0.05) is 29.8 Å². The Kier molecular flexibility index (Phi) is 5.26. The molecule has 0 aromatic heterocycles. The molecule has 0 aromatic rings. The summed E-state index contributed by atoms with van der Waals surface area (Å²) in [5, 5.41) is 0.718. The largest absolute Gasteiger partial charge is 0.212 e. The van der Waals surface area contributed by atoms with E-state index in [0.29, 0.717) is 6.42 Å². The van der Waals surface area contributed by atoms with Gasteiger partial charge in [0.2, 0.25) is 10.0 Å². The lowest BCUT2D eigenvalue weighted by atomic mass is 9.79. The molecular weight excluding hydrogens is 290 g/mol. The van der Waals surface area contributed by atoms with Gasteiger partial charge in [0.25, 0.3) is 0 Å². The predicted octanol–water partition coefficient (Wildman–Crippen LogP) is 2.66. The summed E-state index contributed by atoms with van der Waals surface area (Å²) >= 11 is 3.46. The molecule has 16 heavy (non-hydrogen) atoms. The highest BCUT2D eigenvalue weighted by Gasteiger charge is 2.36. The predicted molar refractivity (Wildman–Crippen MR) is 71.4 cm³/mol. The van der Waals surface area contributed by atoms with Crippen molar-refractivity contribution in [1.29, 1.82) is 0 Å². The van der Waals surface area contributed by atoms with Crippen molar-refractivity contribution in [2.24, 2.45) is 5.92 Å². The molecule has 0 amide bonds. The number of hydrogen-bond acceptors (Lipinski definition) is 2. The van der Waals surface area contributed by atoms with Crippen molar-refractivity contribution in [2.45, 2.75) is 51.5 Å². The highest BCUT2D eigenvalue weighted by Crippen LogP contribution is 2.33. The molecule has 1 N–H and O–H groups in total. The minimum Gasteiger partial charge on any atom is -0.212 e. The van der Waals surface area contributed by atoms with Crippen LogP contribution in [0.5, 0.6) is 0 Å². The molecule has 1 aliphatic carbocycles. The molecule has 0 aliphatic heterocycles. The Bertz CT molecular complexity index is 308. The van der Waals surface area contributed by atoms with Gasteiger partial charge in [-0.15, -0.1) is 0 Å². The third kappa shape index (κ3) is 4.00. The second-order valence-corrected chi connectivity index (χ2v) is 7.42. The first kappa shape index (κ1) is 14.5. The van der Waals surface area contributed by atoms with Gasteiger partial charge in [0.1, 0.15) is 0 Å². The van der Waals surface area contributed by atoms with Crippen LogP contribution < -0.4 is 4.72 Å². The van der Waals surface area contributed by atoms with Gasteiger partial charge in [-0.25, -0.2) is 13.1 Å². The Balaban J connectivity index is 2.67. The molecule has 0 heterocycles. The maximum Gasteiger partial charge on any atom is 0.212 e. The summed E-state index contributed by atoms with van der Waals surface area (Å²) in [7, 11) is -3.10. The lowest BCUT2D eigenvalue weighted by Gasteiger charge is -2.38. The fourth-order valence-electron chi connectivity index (χ4n) is 2.23.